The van der Waals surface area contributed by atoms with Crippen LogP contribution in [0.1, 0.15) is 30.5 Å². The number of hydrogen-bond acceptors (Lipinski definition) is 1. The lowest BCUT2D eigenvalue weighted by molar-refractivity contribution is 0.676. The fourth-order valence-corrected chi connectivity index (χ4v) is 2.17. The van der Waals surface area contributed by atoms with Gasteiger partial charge in [0.05, 0.1) is 5.52 Å². The summed E-state index contributed by atoms with van der Waals surface area (Å²) in [5.41, 5.74) is 9.08. The summed E-state index contributed by atoms with van der Waals surface area (Å²) in [6, 6.07) is 6.20. The van der Waals surface area contributed by atoms with Gasteiger partial charge in [-0.15, -0.1) is 0 Å². The number of H-pyrrole nitrogens is 1. The fourth-order valence-electron chi connectivity index (χ4n) is 2.01. The van der Waals surface area contributed by atoms with Gasteiger partial charge >= 0.3 is 0 Å². The molecule has 2 aromatic rings. The van der Waals surface area contributed by atoms with E-state index in [9.17, 15) is 0 Å². The Labute approximate surface area is 101 Å². The first kappa shape index (κ1) is 11.5. The molecule has 2 nitrogen and oxygen atoms in total. The van der Waals surface area contributed by atoms with Crippen molar-refractivity contribution in [3.8, 4) is 0 Å². The molecule has 1 unspecified atom stereocenters. The zero-order valence-corrected chi connectivity index (χ0v) is 10.4. The molecule has 0 saturated heterocycles. The van der Waals surface area contributed by atoms with Crippen molar-refractivity contribution < 1.29 is 0 Å². The van der Waals surface area contributed by atoms with Crippen molar-refractivity contribution in [2.45, 2.75) is 26.2 Å². The molecule has 0 aliphatic carbocycles. The highest BCUT2D eigenvalue weighted by Crippen LogP contribution is 2.28. The van der Waals surface area contributed by atoms with Crippen LogP contribution in [0.15, 0.2) is 18.2 Å². The lowest BCUT2D eigenvalue weighted by Crippen LogP contribution is -2.04. The highest BCUT2D eigenvalue weighted by Gasteiger charge is 2.10. The maximum atomic E-state index is 6.10. The molecule has 0 aliphatic rings. The van der Waals surface area contributed by atoms with E-state index >= 15 is 0 Å². The van der Waals surface area contributed by atoms with Crippen molar-refractivity contribution in [2.24, 2.45) is 5.73 Å². The summed E-state index contributed by atoms with van der Waals surface area (Å²) in [5, 5.41) is 2.04. The van der Waals surface area contributed by atoms with Crippen LogP contribution in [0.4, 0.5) is 0 Å². The Morgan fingerprint density at radius 1 is 1.44 bits per heavy atom. The number of benzene rings is 1. The normalized spacial score (nSPS) is 13.2. The summed E-state index contributed by atoms with van der Waals surface area (Å²) in [7, 11) is 0. The predicted molar refractivity (Wildman–Crippen MR) is 70.1 cm³/mol. The lowest BCUT2D eigenvalue weighted by atomic mass is 10.0. The van der Waals surface area contributed by atoms with Crippen LogP contribution in [-0.4, -0.2) is 11.5 Å². The van der Waals surface area contributed by atoms with Gasteiger partial charge in [-0.05, 0) is 43.5 Å². The molecule has 1 heterocycles. The third kappa shape index (κ3) is 1.95. The zero-order chi connectivity index (χ0) is 11.7. The topological polar surface area (TPSA) is 41.8 Å². The average Bonchev–Trinajstić information content (AvgIpc) is 2.69. The van der Waals surface area contributed by atoms with Gasteiger partial charge in [-0.25, -0.2) is 0 Å². The van der Waals surface area contributed by atoms with Gasteiger partial charge in [0, 0.05) is 16.1 Å². The summed E-state index contributed by atoms with van der Waals surface area (Å²) in [4.78, 5) is 3.45. The van der Waals surface area contributed by atoms with E-state index in [1.54, 1.807) is 0 Å². The molecule has 16 heavy (non-hydrogen) atoms. The second-order valence-electron chi connectivity index (χ2n) is 4.34. The van der Waals surface area contributed by atoms with Crippen molar-refractivity contribution in [3.63, 3.8) is 0 Å². The SMILES string of the molecule is Cc1c(Cl)ccc2cc(C(C)CCN)[nH]c12. The first-order valence-corrected chi connectivity index (χ1v) is 5.99. The van der Waals surface area contributed by atoms with E-state index in [2.05, 4.69) is 24.0 Å². The minimum Gasteiger partial charge on any atom is -0.358 e. The van der Waals surface area contributed by atoms with E-state index in [1.807, 2.05) is 13.0 Å². The fraction of sp³-hybridized carbons (Fsp3) is 0.385. The molecule has 0 bridgehead atoms. The van der Waals surface area contributed by atoms with Crippen LogP contribution in [0.5, 0.6) is 0 Å². The molecular weight excluding hydrogens is 220 g/mol. The average molecular weight is 237 g/mol. The maximum Gasteiger partial charge on any atom is 0.0500 e. The number of aromatic nitrogens is 1. The Hall–Kier alpha value is -0.990. The minimum absolute atomic E-state index is 0.468. The van der Waals surface area contributed by atoms with E-state index in [1.165, 1.54) is 11.1 Å². The van der Waals surface area contributed by atoms with Crippen LogP contribution in [0.25, 0.3) is 10.9 Å². The summed E-state index contributed by atoms with van der Waals surface area (Å²) < 4.78 is 0. The van der Waals surface area contributed by atoms with Crippen molar-refractivity contribution >= 4 is 22.5 Å². The molecule has 0 aliphatic heterocycles. The number of aromatic amines is 1. The highest BCUT2D eigenvalue weighted by atomic mass is 35.5. The number of rotatable bonds is 3. The van der Waals surface area contributed by atoms with E-state index in [-0.39, 0.29) is 0 Å². The number of nitrogens with one attached hydrogen (secondary N) is 1. The molecule has 3 N–H and O–H groups in total. The van der Waals surface area contributed by atoms with Crippen LogP contribution in [-0.2, 0) is 0 Å². The van der Waals surface area contributed by atoms with Crippen LogP contribution in [0, 0.1) is 6.92 Å². The molecule has 1 aromatic carbocycles. The summed E-state index contributed by atoms with van der Waals surface area (Å²) in [6.07, 6.45) is 1.000. The van der Waals surface area contributed by atoms with E-state index < -0.39 is 0 Å². The van der Waals surface area contributed by atoms with Crippen LogP contribution >= 0.6 is 11.6 Å². The van der Waals surface area contributed by atoms with Gasteiger partial charge in [0.25, 0.3) is 0 Å². The first-order valence-electron chi connectivity index (χ1n) is 5.61. The van der Waals surface area contributed by atoms with E-state index in [4.69, 9.17) is 17.3 Å². The third-order valence-electron chi connectivity index (χ3n) is 3.14. The number of fused-ring (bicyclic) bond motifs is 1. The highest BCUT2D eigenvalue weighted by molar-refractivity contribution is 6.32. The smallest absolute Gasteiger partial charge is 0.0500 e. The van der Waals surface area contributed by atoms with Gasteiger partial charge in [-0.3, -0.25) is 0 Å². The Morgan fingerprint density at radius 3 is 2.88 bits per heavy atom. The summed E-state index contributed by atoms with van der Waals surface area (Å²) in [5.74, 6) is 0.468. The van der Waals surface area contributed by atoms with Crippen LogP contribution in [0.2, 0.25) is 5.02 Å². The van der Waals surface area contributed by atoms with Gasteiger partial charge in [0.1, 0.15) is 0 Å². The van der Waals surface area contributed by atoms with Gasteiger partial charge in [0.15, 0.2) is 0 Å². The maximum absolute atomic E-state index is 6.10. The predicted octanol–water partition coefficient (Wildman–Crippen LogP) is 3.58. The van der Waals surface area contributed by atoms with Crippen molar-refractivity contribution in [1.29, 1.82) is 0 Å². The monoisotopic (exact) mass is 236 g/mol. The molecule has 0 radical (unpaired) electrons. The molecule has 0 saturated carbocycles. The van der Waals surface area contributed by atoms with Crippen LogP contribution < -0.4 is 5.73 Å². The van der Waals surface area contributed by atoms with Crippen molar-refractivity contribution in [1.82, 2.24) is 4.98 Å². The molecule has 1 atom stereocenters. The standard InChI is InChI=1S/C13H17ClN2/c1-8(5-6-15)12-7-10-3-4-11(14)9(2)13(10)16-12/h3-4,7-8,16H,5-6,15H2,1-2H3. The zero-order valence-electron chi connectivity index (χ0n) is 9.68. The first-order chi connectivity index (χ1) is 7.63. The number of halogens is 1. The number of hydrogen-bond donors (Lipinski definition) is 2. The Bertz CT molecular complexity index is 502. The molecule has 2 rings (SSSR count). The Balaban J connectivity index is 2.48. The third-order valence-corrected chi connectivity index (χ3v) is 3.55. The van der Waals surface area contributed by atoms with E-state index in [0.717, 1.165) is 29.1 Å². The van der Waals surface area contributed by atoms with Crippen molar-refractivity contribution in [3.05, 3.63) is 34.5 Å². The van der Waals surface area contributed by atoms with E-state index in [0.29, 0.717) is 5.92 Å². The van der Waals surface area contributed by atoms with Crippen molar-refractivity contribution in [2.75, 3.05) is 6.54 Å². The second kappa shape index (κ2) is 4.48. The Morgan fingerprint density at radius 2 is 2.19 bits per heavy atom. The molecule has 0 spiro atoms. The quantitative estimate of drug-likeness (QED) is 0.841. The largest absolute Gasteiger partial charge is 0.358 e. The molecule has 1 aromatic heterocycles. The second-order valence-corrected chi connectivity index (χ2v) is 4.75. The molecular formula is C13H17ClN2. The summed E-state index contributed by atoms with van der Waals surface area (Å²) >= 11 is 6.10. The van der Waals surface area contributed by atoms with Gasteiger partial charge in [0.2, 0.25) is 0 Å². The number of nitrogens with two attached hydrogens (primary N) is 1. The summed E-state index contributed by atoms with van der Waals surface area (Å²) in [6.45, 7) is 4.95. The van der Waals surface area contributed by atoms with Gasteiger partial charge in [-0.2, -0.15) is 0 Å². The minimum atomic E-state index is 0.468. The van der Waals surface area contributed by atoms with Crippen LogP contribution in [0.3, 0.4) is 0 Å². The molecule has 0 amide bonds. The van der Waals surface area contributed by atoms with Gasteiger partial charge in [-0.1, -0.05) is 24.6 Å². The van der Waals surface area contributed by atoms with Gasteiger partial charge < -0.3 is 10.7 Å². The lowest BCUT2D eigenvalue weighted by Gasteiger charge is -2.06. The Kier molecular flexibility index (Phi) is 3.22. The molecule has 3 heteroatoms. The molecule has 86 valence electrons. The molecule has 0 fully saturated rings. The number of aryl methyl sites for hydroxylation is 1.